The number of aromatic hydroxyl groups is 1. The van der Waals surface area contributed by atoms with Crippen LogP contribution < -0.4 is 5.32 Å². The van der Waals surface area contributed by atoms with Crippen LogP contribution in [-0.2, 0) is 20.8 Å². The highest BCUT2D eigenvalue weighted by Gasteiger charge is 2.60. The van der Waals surface area contributed by atoms with E-state index in [-0.39, 0.29) is 53.7 Å². The summed E-state index contributed by atoms with van der Waals surface area (Å²) in [4.78, 5) is 58.5. The smallest absolute Gasteiger partial charge is 0.251 e. The van der Waals surface area contributed by atoms with Crippen molar-refractivity contribution in [3.8, 4) is 5.75 Å². The average molecular weight is 635 g/mol. The van der Waals surface area contributed by atoms with Crippen LogP contribution in [0, 0.1) is 23.2 Å². The van der Waals surface area contributed by atoms with Gasteiger partial charge in [-0.25, -0.2) is 0 Å². The Morgan fingerprint density at radius 2 is 1.64 bits per heavy atom. The lowest BCUT2D eigenvalue weighted by atomic mass is 9.49. The second-order valence-electron chi connectivity index (χ2n) is 13.3. The fraction of sp³-hybridized carbons (Fsp3) is 0.515. The zero-order valence-corrected chi connectivity index (χ0v) is 25.1. The first-order valence-corrected chi connectivity index (χ1v) is 16.0. The number of phenolic OH excluding ortho intramolecular Hbond substituents is 1. The summed E-state index contributed by atoms with van der Waals surface area (Å²) in [6, 6.07) is 11.6. The summed E-state index contributed by atoms with van der Waals surface area (Å²) in [5.74, 6) is 1.34. The topological polar surface area (TPSA) is 107 Å². The zero-order chi connectivity index (χ0) is 29.2. The van der Waals surface area contributed by atoms with E-state index in [0.717, 1.165) is 29.3 Å². The van der Waals surface area contributed by atoms with Gasteiger partial charge in [0.15, 0.2) is 5.78 Å². The number of hydrogen-bond donors (Lipinski definition) is 2. The maximum atomic E-state index is 14.2. The molecule has 4 saturated carbocycles. The second-order valence-corrected chi connectivity index (χ2v) is 14.3. The van der Waals surface area contributed by atoms with Gasteiger partial charge in [0.25, 0.3) is 5.91 Å². The molecular formula is C33H36BrN3O5. The molecule has 2 aromatic carbocycles. The minimum absolute atomic E-state index is 0.0622. The average Bonchev–Trinajstić information content (AvgIpc) is 3.53. The SMILES string of the molecule is O=C(N[C@@H](Cc1ccc(O)cc1)C(=O)N1CCC2[C@H]1C(=O)CN2C(=O)C12CC3CC(CC(C3)C1)C2)c1cccc(Br)c1. The first-order chi connectivity index (χ1) is 20.2. The number of nitrogens with one attached hydrogen (secondary N) is 1. The summed E-state index contributed by atoms with van der Waals surface area (Å²) in [5.41, 5.74) is 0.852. The molecule has 4 aliphatic carbocycles. The van der Waals surface area contributed by atoms with Crippen LogP contribution in [0.2, 0.25) is 0 Å². The van der Waals surface area contributed by atoms with E-state index < -0.39 is 12.1 Å². The Kier molecular flexibility index (Phi) is 6.91. The Labute approximate surface area is 254 Å². The molecule has 2 heterocycles. The molecule has 2 N–H and O–H groups in total. The lowest BCUT2D eigenvalue weighted by Gasteiger charge is -2.56. The van der Waals surface area contributed by atoms with E-state index in [4.69, 9.17) is 0 Å². The molecule has 42 heavy (non-hydrogen) atoms. The summed E-state index contributed by atoms with van der Waals surface area (Å²) in [6.45, 7) is 0.427. The predicted molar refractivity (Wildman–Crippen MR) is 158 cm³/mol. The quantitative estimate of drug-likeness (QED) is 0.498. The first kappa shape index (κ1) is 27.6. The van der Waals surface area contributed by atoms with Crippen LogP contribution in [0.25, 0.3) is 0 Å². The summed E-state index contributed by atoms with van der Waals surface area (Å²) in [7, 11) is 0. The summed E-state index contributed by atoms with van der Waals surface area (Å²) in [5, 5.41) is 12.7. The van der Waals surface area contributed by atoms with E-state index in [1.165, 1.54) is 19.3 Å². The molecular weight excluding hydrogens is 598 g/mol. The van der Waals surface area contributed by atoms with Crippen LogP contribution in [-0.4, -0.2) is 69.6 Å². The third-order valence-electron chi connectivity index (χ3n) is 10.5. The van der Waals surface area contributed by atoms with Crippen molar-refractivity contribution >= 4 is 39.4 Å². The molecule has 2 aromatic rings. The maximum Gasteiger partial charge on any atom is 0.251 e. The van der Waals surface area contributed by atoms with Crippen LogP contribution in [0.5, 0.6) is 5.75 Å². The number of phenols is 1. The number of hydrogen-bond acceptors (Lipinski definition) is 5. The van der Waals surface area contributed by atoms with Crippen molar-refractivity contribution in [1.82, 2.24) is 15.1 Å². The largest absolute Gasteiger partial charge is 0.508 e. The number of benzene rings is 2. The van der Waals surface area contributed by atoms with Crippen LogP contribution in [0.3, 0.4) is 0 Å². The second kappa shape index (κ2) is 10.5. The monoisotopic (exact) mass is 633 g/mol. The van der Waals surface area contributed by atoms with Gasteiger partial charge >= 0.3 is 0 Å². The van der Waals surface area contributed by atoms with Crippen LogP contribution in [0.15, 0.2) is 53.0 Å². The number of ketones is 1. The van der Waals surface area contributed by atoms with Crippen molar-refractivity contribution in [2.45, 2.75) is 69.5 Å². The molecule has 0 spiro atoms. The molecule has 8 rings (SSSR count). The number of halogens is 1. The molecule has 3 atom stereocenters. The van der Waals surface area contributed by atoms with E-state index in [9.17, 15) is 24.3 Å². The van der Waals surface area contributed by atoms with Gasteiger partial charge in [0.2, 0.25) is 11.8 Å². The van der Waals surface area contributed by atoms with Crippen molar-refractivity contribution in [2.24, 2.45) is 23.2 Å². The molecule has 8 nitrogen and oxygen atoms in total. The van der Waals surface area contributed by atoms with Gasteiger partial charge in [0.1, 0.15) is 17.8 Å². The molecule has 9 heteroatoms. The van der Waals surface area contributed by atoms with E-state index in [0.29, 0.717) is 36.3 Å². The Morgan fingerprint density at radius 3 is 2.29 bits per heavy atom. The first-order valence-electron chi connectivity index (χ1n) is 15.2. The molecule has 0 aromatic heterocycles. The van der Waals surface area contributed by atoms with Gasteiger partial charge in [-0.1, -0.05) is 34.1 Å². The number of fused-ring (bicyclic) bond motifs is 1. The molecule has 1 unspecified atom stereocenters. The van der Waals surface area contributed by atoms with Gasteiger partial charge in [-0.3, -0.25) is 19.2 Å². The van der Waals surface area contributed by atoms with Crippen LogP contribution in [0.4, 0.5) is 0 Å². The number of likely N-dealkylation sites (tertiary alicyclic amines) is 2. The Balaban J connectivity index is 1.12. The number of nitrogens with zero attached hydrogens (tertiary/aromatic N) is 2. The number of amides is 3. The molecule has 2 aliphatic heterocycles. The van der Waals surface area contributed by atoms with E-state index in [1.807, 2.05) is 11.0 Å². The zero-order valence-electron chi connectivity index (χ0n) is 23.5. The summed E-state index contributed by atoms with van der Waals surface area (Å²) < 4.78 is 0.749. The standard InChI is InChI=1S/C33H36BrN3O5/c34-24-3-1-2-23(14-24)30(40)35-26(13-19-4-6-25(38)7-5-19)31(41)36-9-8-27-29(36)28(39)18-37(27)32(42)33-15-20-10-21(16-33)12-22(11-20)17-33/h1-7,14,20-22,26-27,29,38H,8-13,15-18H2,(H,35,40)/t20?,21?,22?,26-,27?,29-,33?/m0/s1. The van der Waals surface area contributed by atoms with Gasteiger partial charge in [0, 0.05) is 23.0 Å². The number of carbonyl (C=O) groups excluding carboxylic acids is 4. The van der Waals surface area contributed by atoms with Gasteiger partial charge < -0.3 is 20.2 Å². The Bertz CT molecular complexity index is 1410. The highest BCUT2D eigenvalue weighted by Crippen LogP contribution is 2.61. The van der Waals surface area contributed by atoms with Gasteiger partial charge in [-0.2, -0.15) is 0 Å². The minimum atomic E-state index is -0.916. The predicted octanol–water partition coefficient (Wildman–Crippen LogP) is 4.09. The minimum Gasteiger partial charge on any atom is -0.508 e. The maximum absolute atomic E-state index is 14.2. The van der Waals surface area contributed by atoms with Crippen molar-refractivity contribution in [3.63, 3.8) is 0 Å². The number of carbonyl (C=O) groups is 4. The Hall–Kier alpha value is -3.20. The van der Waals surface area contributed by atoms with E-state index in [1.54, 1.807) is 47.4 Å². The third-order valence-corrected chi connectivity index (χ3v) is 11.0. The highest BCUT2D eigenvalue weighted by molar-refractivity contribution is 9.10. The molecule has 4 bridgehead atoms. The number of Topliss-reactive ketones (excluding diaryl/α,β-unsaturated/α-hetero) is 1. The lowest BCUT2D eigenvalue weighted by molar-refractivity contribution is -0.159. The molecule has 2 saturated heterocycles. The van der Waals surface area contributed by atoms with Crippen molar-refractivity contribution < 1.29 is 24.3 Å². The highest BCUT2D eigenvalue weighted by atomic mass is 79.9. The van der Waals surface area contributed by atoms with Gasteiger partial charge in [-0.15, -0.1) is 0 Å². The van der Waals surface area contributed by atoms with Crippen molar-refractivity contribution in [3.05, 3.63) is 64.1 Å². The van der Waals surface area contributed by atoms with Crippen molar-refractivity contribution in [1.29, 1.82) is 0 Å². The van der Waals surface area contributed by atoms with Crippen LogP contribution in [0.1, 0.15) is 60.9 Å². The van der Waals surface area contributed by atoms with Crippen molar-refractivity contribution in [2.75, 3.05) is 13.1 Å². The van der Waals surface area contributed by atoms with E-state index in [2.05, 4.69) is 21.2 Å². The number of rotatable bonds is 6. The Morgan fingerprint density at radius 1 is 0.976 bits per heavy atom. The molecule has 6 aliphatic rings. The van der Waals surface area contributed by atoms with Gasteiger partial charge in [-0.05, 0) is 98.6 Å². The molecule has 6 fully saturated rings. The van der Waals surface area contributed by atoms with Gasteiger partial charge in [0.05, 0.1) is 18.0 Å². The summed E-state index contributed by atoms with van der Waals surface area (Å²) in [6.07, 6.45) is 7.33. The fourth-order valence-corrected chi connectivity index (χ4v) is 9.55. The summed E-state index contributed by atoms with van der Waals surface area (Å²) >= 11 is 3.40. The fourth-order valence-electron chi connectivity index (χ4n) is 9.16. The third kappa shape index (κ3) is 4.83. The lowest BCUT2D eigenvalue weighted by Crippen LogP contribution is -2.56. The molecule has 3 amide bonds. The molecule has 220 valence electrons. The van der Waals surface area contributed by atoms with Crippen LogP contribution >= 0.6 is 15.9 Å². The molecule has 0 radical (unpaired) electrons. The normalized spacial score (nSPS) is 31.7. The van der Waals surface area contributed by atoms with E-state index >= 15 is 0 Å².